The van der Waals surface area contributed by atoms with Crippen LogP contribution < -0.4 is 0 Å². The van der Waals surface area contributed by atoms with Crippen molar-refractivity contribution in [2.45, 2.75) is 25.3 Å². The maximum absolute atomic E-state index is 13.5. The molecule has 158 valence electrons. The Morgan fingerprint density at radius 3 is 2.59 bits per heavy atom. The highest BCUT2D eigenvalue weighted by Crippen LogP contribution is 2.54. The van der Waals surface area contributed by atoms with Crippen molar-refractivity contribution in [3.63, 3.8) is 0 Å². The summed E-state index contributed by atoms with van der Waals surface area (Å²) < 4.78 is 1.81. The number of benzene rings is 2. The minimum absolute atomic E-state index is 0.0152. The van der Waals surface area contributed by atoms with Crippen LogP contribution in [0.25, 0.3) is 28.1 Å². The van der Waals surface area contributed by atoms with E-state index in [2.05, 4.69) is 29.2 Å². The van der Waals surface area contributed by atoms with Crippen LogP contribution in [-0.4, -0.2) is 32.6 Å². The Morgan fingerprint density at radius 2 is 1.84 bits per heavy atom. The number of fused-ring (bicyclic) bond motifs is 4. The molecule has 0 atom stereocenters. The van der Waals surface area contributed by atoms with Crippen molar-refractivity contribution in [2.75, 3.05) is 7.05 Å². The Morgan fingerprint density at radius 1 is 1.00 bits per heavy atom. The van der Waals surface area contributed by atoms with Gasteiger partial charge in [0.2, 0.25) is 0 Å². The molecule has 6 rings (SSSR count). The summed E-state index contributed by atoms with van der Waals surface area (Å²) in [7, 11) is 1.90. The first-order valence-electron chi connectivity index (χ1n) is 10.7. The summed E-state index contributed by atoms with van der Waals surface area (Å²) in [5, 5.41) is 5.53. The molecule has 1 saturated carbocycles. The van der Waals surface area contributed by atoms with Gasteiger partial charge in [-0.3, -0.25) is 9.78 Å². The lowest BCUT2D eigenvalue weighted by atomic mass is 9.96. The van der Waals surface area contributed by atoms with Crippen molar-refractivity contribution in [3.05, 3.63) is 88.8 Å². The Labute approximate surface area is 191 Å². The quantitative estimate of drug-likeness (QED) is 0.405. The number of halogens is 1. The van der Waals surface area contributed by atoms with Crippen molar-refractivity contribution in [1.29, 1.82) is 0 Å². The number of pyridine rings is 1. The minimum Gasteiger partial charge on any atom is -0.331 e. The van der Waals surface area contributed by atoms with Gasteiger partial charge in [-0.1, -0.05) is 41.9 Å². The third kappa shape index (κ3) is 2.74. The van der Waals surface area contributed by atoms with Gasteiger partial charge >= 0.3 is 0 Å². The summed E-state index contributed by atoms with van der Waals surface area (Å²) in [5.41, 5.74) is 7.11. The molecule has 1 spiro atoms. The van der Waals surface area contributed by atoms with Gasteiger partial charge in [0.05, 0.1) is 16.9 Å². The fourth-order valence-electron chi connectivity index (χ4n) is 4.83. The van der Waals surface area contributed by atoms with Crippen LogP contribution in [0.5, 0.6) is 0 Å². The van der Waals surface area contributed by atoms with E-state index in [4.69, 9.17) is 16.7 Å². The fourth-order valence-corrected chi connectivity index (χ4v) is 5.02. The van der Waals surface area contributed by atoms with E-state index in [1.807, 2.05) is 60.0 Å². The van der Waals surface area contributed by atoms with Crippen LogP contribution in [0.2, 0.25) is 5.02 Å². The number of carbonyl (C=O) groups excluding carboxylic acids is 1. The van der Waals surface area contributed by atoms with E-state index >= 15 is 0 Å². The number of nitrogens with zero attached hydrogens (tertiary/aromatic N) is 4. The Kier molecular flexibility index (Phi) is 4.08. The van der Waals surface area contributed by atoms with Crippen LogP contribution in [0.3, 0.4) is 0 Å². The van der Waals surface area contributed by atoms with Gasteiger partial charge in [-0.15, -0.1) is 0 Å². The summed E-state index contributed by atoms with van der Waals surface area (Å²) in [4.78, 5) is 19.9. The van der Waals surface area contributed by atoms with Crippen molar-refractivity contribution >= 4 is 17.5 Å². The van der Waals surface area contributed by atoms with E-state index in [1.54, 1.807) is 6.20 Å². The number of aromatic nitrogens is 3. The Balaban J connectivity index is 1.60. The molecule has 2 aromatic heterocycles. The number of hydrogen-bond donors (Lipinski definition) is 0. The van der Waals surface area contributed by atoms with Crippen molar-refractivity contribution in [2.24, 2.45) is 0 Å². The molecule has 4 aromatic rings. The molecule has 2 aliphatic rings. The maximum Gasteiger partial charge on any atom is 0.273 e. The van der Waals surface area contributed by atoms with Crippen LogP contribution in [0.15, 0.2) is 66.9 Å². The second-order valence-corrected chi connectivity index (χ2v) is 9.04. The van der Waals surface area contributed by atoms with E-state index in [0.717, 1.165) is 52.2 Å². The second-order valence-electron chi connectivity index (χ2n) is 8.60. The van der Waals surface area contributed by atoms with Gasteiger partial charge in [0.1, 0.15) is 5.69 Å². The van der Waals surface area contributed by atoms with Gasteiger partial charge in [-0.05, 0) is 55.7 Å². The number of rotatable bonds is 2. The standard InChI is InChI=1S/C26H21ClN4O/c1-16-20(7-4-12-28-16)17-8-9-21-23(14-17)31-24(25(32)30(2)26(21)10-11-26)15-22(29-31)18-5-3-6-19(27)13-18/h3-9,12-15H,10-11H2,1-2H3. The summed E-state index contributed by atoms with van der Waals surface area (Å²) in [5.74, 6) is -0.0152. The van der Waals surface area contributed by atoms with Crippen molar-refractivity contribution < 1.29 is 4.79 Å². The largest absolute Gasteiger partial charge is 0.331 e. The molecule has 6 heteroatoms. The van der Waals surface area contributed by atoms with E-state index in [9.17, 15) is 4.79 Å². The molecule has 0 radical (unpaired) electrons. The predicted octanol–water partition coefficient (Wildman–Crippen LogP) is 5.64. The number of carbonyl (C=O) groups is 1. The molecular weight excluding hydrogens is 420 g/mol. The third-order valence-electron chi connectivity index (χ3n) is 6.76. The first kappa shape index (κ1) is 19.3. The highest BCUT2D eigenvalue weighted by Gasteiger charge is 2.53. The lowest BCUT2D eigenvalue weighted by molar-refractivity contribution is 0.0704. The molecule has 5 nitrogen and oxygen atoms in total. The highest BCUT2D eigenvalue weighted by molar-refractivity contribution is 6.30. The number of hydrogen-bond acceptors (Lipinski definition) is 3. The SMILES string of the molecule is Cc1ncccc1-c1ccc2c(c1)-n1nc(-c3cccc(Cl)c3)cc1C(=O)N(C)C21CC1. The zero-order valence-electron chi connectivity index (χ0n) is 17.8. The molecule has 3 heterocycles. The monoisotopic (exact) mass is 440 g/mol. The molecule has 1 amide bonds. The topological polar surface area (TPSA) is 51.0 Å². The smallest absolute Gasteiger partial charge is 0.273 e. The molecule has 0 unspecified atom stereocenters. The Hall–Kier alpha value is -3.44. The summed E-state index contributed by atoms with van der Waals surface area (Å²) in [6, 6.07) is 19.9. The fraction of sp³-hybridized carbons (Fsp3) is 0.192. The normalized spacial score (nSPS) is 16.0. The third-order valence-corrected chi connectivity index (χ3v) is 7.00. The zero-order chi connectivity index (χ0) is 22.0. The average molecular weight is 441 g/mol. The lowest BCUT2D eigenvalue weighted by Crippen LogP contribution is -2.36. The molecule has 2 aromatic carbocycles. The molecule has 32 heavy (non-hydrogen) atoms. The van der Waals surface area contributed by atoms with Crippen LogP contribution in [0.1, 0.15) is 34.6 Å². The van der Waals surface area contributed by atoms with Gasteiger partial charge < -0.3 is 4.90 Å². The highest BCUT2D eigenvalue weighted by atomic mass is 35.5. The molecule has 1 fully saturated rings. The molecule has 0 bridgehead atoms. The maximum atomic E-state index is 13.5. The number of aryl methyl sites for hydroxylation is 1. The molecule has 0 saturated heterocycles. The van der Waals surface area contributed by atoms with Gasteiger partial charge in [0, 0.05) is 40.7 Å². The number of amides is 1. The van der Waals surface area contributed by atoms with E-state index in [-0.39, 0.29) is 11.4 Å². The molecule has 1 aliphatic carbocycles. The summed E-state index contributed by atoms with van der Waals surface area (Å²) >= 11 is 6.21. The van der Waals surface area contributed by atoms with Crippen LogP contribution >= 0.6 is 11.6 Å². The van der Waals surface area contributed by atoms with Crippen LogP contribution in [0, 0.1) is 6.92 Å². The molecular formula is C26H21ClN4O. The van der Waals surface area contributed by atoms with Crippen molar-refractivity contribution in [3.8, 4) is 28.1 Å². The second kappa shape index (κ2) is 6.78. The van der Waals surface area contributed by atoms with Crippen LogP contribution in [-0.2, 0) is 5.54 Å². The lowest BCUT2D eigenvalue weighted by Gasteiger charge is -2.27. The molecule has 1 aliphatic heterocycles. The van der Waals surface area contributed by atoms with Gasteiger partial charge in [-0.25, -0.2) is 4.68 Å². The van der Waals surface area contributed by atoms with Crippen LogP contribution in [0.4, 0.5) is 0 Å². The first-order chi connectivity index (χ1) is 15.5. The Bertz CT molecular complexity index is 1400. The van der Waals surface area contributed by atoms with E-state index < -0.39 is 0 Å². The van der Waals surface area contributed by atoms with Gasteiger partial charge in [0.25, 0.3) is 5.91 Å². The molecule has 0 N–H and O–H groups in total. The van der Waals surface area contributed by atoms with Gasteiger partial charge in [-0.2, -0.15) is 5.10 Å². The summed E-state index contributed by atoms with van der Waals surface area (Å²) in [6.45, 7) is 2.01. The van der Waals surface area contributed by atoms with Gasteiger partial charge in [0.15, 0.2) is 0 Å². The van der Waals surface area contributed by atoms with Crippen molar-refractivity contribution in [1.82, 2.24) is 19.7 Å². The first-order valence-corrected chi connectivity index (χ1v) is 11.1. The average Bonchev–Trinajstić information content (AvgIpc) is 3.50. The van der Waals surface area contributed by atoms with E-state index in [0.29, 0.717) is 10.7 Å². The summed E-state index contributed by atoms with van der Waals surface area (Å²) in [6.07, 6.45) is 3.72. The predicted molar refractivity (Wildman–Crippen MR) is 125 cm³/mol. The minimum atomic E-state index is -0.258. The van der Waals surface area contributed by atoms with E-state index in [1.165, 1.54) is 0 Å². The zero-order valence-corrected chi connectivity index (χ0v) is 18.6.